The summed E-state index contributed by atoms with van der Waals surface area (Å²) in [5.41, 5.74) is 4.99. The molecule has 0 aromatic carbocycles. The summed E-state index contributed by atoms with van der Waals surface area (Å²) < 4.78 is 0. The van der Waals surface area contributed by atoms with Crippen LogP contribution < -0.4 is 16.4 Å². The molecule has 0 aromatic rings. The van der Waals surface area contributed by atoms with Gasteiger partial charge >= 0.3 is 6.03 Å². The van der Waals surface area contributed by atoms with Gasteiger partial charge < -0.3 is 11.1 Å². The molecule has 1 saturated carbocycles. The minimum absolute atomic E-state index is 0.124. The number of nitrogens with one attached hydrogen (secondary N) is 2. The molecule has 3 unspecified atom stereocenters. The number of rotatable bonds is 4. The van der Waals surface area contributed by atoms with Gasteiger partial charge in [-0.2, -0.15) is 0 Å². The van der Waals surface area contributed by atoms with Crippen molar-refractivity contribution in [3.05, 3.63) is 0 Å². The Labute approximate surface area is 109 Å². The molecule has 0 heterocycles. The van der Waals surface area contributed by atoms with Gasteiger partial charge in [-0.05, 0) is 24.7 Å². The first-order chi connectivity index (χ1) is 8.41. The van der Waals surface area contributed by atoms with Crippen LogP contribution in [0.2, 0.25) is 0 Å². The highest BCUT2D eigenvalue weighted by Gasteiger charge is 2.29. The van der Waals surface area contributed by atoms with Crippen LogP contribution in [0.3, 0.4) is 0 Å². The number of hydrogen-bond donors (Lipinski definition) is 3. The molecule has 4 N–H and O–H groups in total. The molecule has 0 aliphatic heterocycles. The van der Waals surface area contributed by atoms with Crippen molar-refractivity contribution in [2.45, 2.75) is 58.5 Å². The number of amides is 3. The van der Waals surface area contributed by atoms with Crippen LogP contribution >= 0.6 is 0 Å². The monoisotopic (exact) mass is 255 g/mol. The van der Waals surface area contributed by atoms with Gasteiger partial charge in [-0.25, -0.2) is 4.79 Å². The van der Waals surface area contributed by atoms with E-state index in [0.29, 0.717) is 12.0 Å². The van der Waals surface area contributed by atoms with Gasteiger partial charge in [0.2, 0.25) is 5.91 Å². The first kappa shape index (κ1) is 15.0. The van der Waals surface area contributed by atoms with Crippen molar-refractivity contribution in [3.63, 3.8) is 0 Å². The lowest BCUT2D eigenvalue weighted by atomic mass is 9.85. The van der Waals surface area contributed by atoms with Gasteiger partial charge in [-0.3, -0.25) is 10.1 Å². The van der Waals surface area contributed by atoms with Gasteiger partial charge in [0, 0.05) is 6.04 Å². The largest absolute Gasteiger partial charge is 0.351 e. The Bertz CT molecular complexity index is 305. The second-order valence-corrected chi connectivity index (χ2v) is 5.61. The van der Waals surface area contributed by atoms with E-state index in [4.69, 9.17) is 5.73 Å². The van der Waals surface area contributed by atoms with E-state index in [1.807, 2.05) is 13.8 Å². The van der Waals surface area contributed by atoms with E-state index in [1.165, 1.54) is 19.3 Å². The van der Waals surface area contributed by atoms with Crippen LogP contribution in [0, 0.1) is 11.8 Å². The van der Waals surface area contributed by atoms with Gasteiger partial charge in [0.05, 0.1) is 6.04 Å². The number of primary amides is 1. The molecule has 5 heteroatoms. The lowest BCUT2D eigenvalue weighted by molar-refractivity contribution is -0.123. The number of nitrogens with two attached hydrogens (primary N) is 1. The summed E-state index contributed by atoms with van der Waals surface area (Å²) in [5.74, 6) is 0.370. The number of carbonyl (C=O) groups is 2. The molecule has 0 spiro atoms. The summed E-state index contributed by atoms with van der Waals surface area (Å²) in [6, 6.07) is -0.794. The van der Waals surface area contributed by atoms with Crippen molar-refractivity contribution in [2.24, 2.45) is 17.6 Å². The maximum atomic E-state index is 11.9. The van der Waals surface area contributed by atoms with Crippen LogP contribution in [0.25, 0.3) is 0 Å². The molecule has 0 aromatic heterocycles. The van der Waals surface area contributed by atoms with Gasteiger partial charge in [0.15, 0.2) is 0 Å². The summed E-state index contributed by atoms with van der Waals surface area (Å²) in [7, 11) is 0. The number of imide groups is 1. The molecule has 0 radical (unpaired) electrons. The molecular weight excluding hydrogens is 230 g/mol. The number of hydrogen-bond acceptors (Lipinski definition) is 3. The van der Waals surface area contributed by atoms with Crippen LogP contribution in [-0.2, 0) is 4.79 Å². The van der Waals surface area contributed by atoms with E-state index < -0.39 is 6.03 Å². The molecule has 0 saturated heterocycles. The molecule has 3 amide bonds. The van der Waals surface area contributed by atoms with Crippen LogP contribution in [0.5, 0.6) is 0 Å². The minimum Gasteiger partial charge on any atom is -0.351 e. The Morgan fingerprint density at radius 1 is 1.22 bits per heavy atom. The summed E-state index contributed by atoms with van der Waals surface area (Å²) >= 11 is 0. The molecule has 1 fully saturated rings. The van der Waals surface area contributed by atoms with Crippen molar-refractivity contribution >= 4 is 11.9 Å². The van der Waals surface area contributed by atoms with E-state index in [9.17, 15) is 9.59 Å². The van der Waals surface area contributed by atoms with Gasteiger partial charge in [0.25, 0.3) is 0 Å². The predicted molar refractivity (Wildman–Crippen MR) is 70.9 cm³/mol. The van der Waals surface area contributed by atoms with Crippen LogP contribution in [-0.4, -0.2) is 24.0 Å². The molecule has 1 aliphatic rings. The Kier molecular flexibility index (Phi) is 5.59. The molecule has 18 heavy (non-hydrogen) atoms. The first-order valence-electron chi connectivity index (χ1n) is 6.78. The first-order valence-corrected chi connectivity index (χ1v) is 6.78. The van der Waals surface area contributed by atoms with E-state index in [2.05, 4.69) is 17.6 Å². The molecule has 3 atom stereocenters. The van der Waals surface area contributed by atoms with Crippen molar-refractivity contribution in [3.8, 4) is 0 Å². The highest BCUT2D eigenvalue weighted by Crippen LogP contribution is 2.24. The zero-order chi connectivity index (χ0) is 13.7. The summed E-state index contributed by atoms with van der Waals surface area (Å²) in [5, 5.41) is 5.56. The zero-order valence-electron chi connectivity index (χ0n) is 11.5. The number of carbonyl (C=O) groups excluding carboxylic acids is 2. The fourth-order valence-corrected chi connectivity index (χ4v) is 2.56. The zero-order valence-corrected chi connectivity index (χ0v) is 11.5. The van der Waals surface area contributed by atoms with E-state index in [1.54, 1.807) is 0 Å². The smallest absolute Gasteiger partial charge is 0.318 e. The van der Waals surface area contributed by atoms with E-state index in [0.717, 1.165) is 6.42 Å². The Morgan fingerprint density at radius 3 is 2.33 bits per heavy atom. The van der Waals surface area contributed by atoms with Gasteiger partial charge in [-0.1, -0.05) is 33.6 Å². The molecule has 1 aliphatic carbocycles. The second kappa shape index (κ2) is 6.73. The van der Waals surface area contributed by atoms with Crippen molar-refractivity contribution in [1.29, 1.82) is 0 Å². The lowest BCUT2D eigenvalue weighted by Crippen LogP contribution is -2.55. The standard InChI is InChI=1S/C13H25N3O2/c1-8(2)11(12(17)16-13(14)18)15-10-7-5-4-6-9(10)3/h8-11,15H,4-7H2,1-3H3,(H3,14,16,17,18). The van der Waals surface area contributed by atoms with Gasteiger partial charge in [0.1, 0.15) is 0 Å². The normalized spacial score (nSPS) is 25.8. The van der Waals surface area contributed by atoms with Crippen LogP contribution in [0.1, 0.15) is 46.5 Å². The lowest BCUT2D eigenvalue weighted by Gasteiger charge is -2.34. The third-order valence-corrected chi connectivity index (χ3v) is 3.70. The maximum absolute atomic E-state index is 11.9. The summed E-state index contributed by atoms with van der Waals surface area (Å²) in [4.78, 5) is 22.7. The predicted octanol–water partition coefficient (Wildman–Crippen LogP) is 1.37. The fourth-order valence-electron chi connectivity index (χ4n) is 2.56. The van der Waals surface area contributed by atoms with Crippen LogP contribution in [0.4, 0.5) is 4.79 Å². The third kappa shape index (κ3) is 4.29. The highest BCUT2D eigenvalue weighted by atomic mass is 16.2. The quantitative estimate of drug-likeness (QED) is 0.709. The van der Waals surface area contributed by atoms with Crippen molar-refractivity contribution in [1.82, 2.24) is 10.6 Å². The molecule has 0 bridgehead atoms. The topological polar surface area (TPSA) is 84.2 Å². The van der Waals surface area contributed by atoms with Crippen molar-refractivity contribution in [2.75, 3.05) is 0 Å². The minimum atomic E-state index is -0.788. The fraction of sp³-hybridized carbons (Fsp3) is 0.846. The highest BCUT2D eigenvalue weighted by molar-refractivity contribution is 5.96. The Balaban J connectivity index is 2.61. The third-order valence-electron chi connectivity index (χ3n) is 3.70. The van der Waals surface area contributed by atoms with E-state index in [-0.39, 0.29) is 17.9 Å². The molecule has 1 rings (SSSR count). The summed E-state index contributed by atoms with van der Waals surface area (Å²) in [6.45, 7) is 6.14. The SMILES string of the molecule is CC(C)C(NC1CCCCC1C)C(=O)NC(N)=O. The van der Waals surface area contributed by atoms with E-state index >= 15 is 0 Å². The Hall–Kier alpha value is -1.10. The molecule has 5 nitrogen and oxygen atoms in total. The average Bonchev–Trinajstić information content (AvgIpc) is 2.26. The maximum Gasteiger partial charge on any atom is 0.318 e. The second-order valence-electron chi connectivity index (χ2n) is 5.61. The van der Waals surface area contributed by atoms with Crippen LogP contribution in [0.15, 0.2) is 0 Å². The average molecular weight is 255 g/mol. The number of urea groups is 1. The molecular formula is C13H25N3O2. The summed E-state index contributed by atoms with van der Waals surface area (Å²) in [6.07, 6.45) is 4.75. The Morgan fingerprint density at radius 2 is 1.83 bits per heavy atom. The van der Waals surface area contributed by atoms with Crippen molar-refractivity contribution < 1.29 is 9.59 Å². The van der Waals surface area contributed by atoms with Gasteiger partial charge in [-0.15, -0.1) is 0 Å². The molecule has 104 valence electrons.